The molecule has 0 radical (unpaired) electrons. The highest BCUT2D eigenvalue weighted by molar-refractivity contribution is 5.31. The second-order valence-electron chi connectivity index (χ2n) is 5.21. The molecule has 0 bridgehead atoms. The lowest BCUT2D eigenvalue weighted by Crippen LogP contribution is -2.23. The average Bonchev–Trinajstić information content (AvgIpc) is 2.50. The first kappa shape index (κ1) is 15.1. The minimum Gasteiger partial charge on any atom is -0.492 e. The van der Waals surface area contributed by atoms with Crippen molar-refractivity contribution < 1.29 is 4.74 Å². The molecule has 2 aromatic rings. The van der Waals surface area contributed by atoms with Crippen LogP contribution >= 0.6 is 0 Å². The van der Waals surface area contributed by atoms with E-state index in [1.54, 1.807) is 0 Å². The molecule has 3 nitrogen and oxygen atoms in total. The van der Waals surface area contributed by atoms with Crippen molar-refractivity contribution in [1.82, 2.24) is 4.90 Å². The topological polar surface area (TPSA) is 36.3 Å². The number of nitriles is 1. The second-order valence-corrected chi connectivity index (χ2v) is 5.21. The minimum atomic E-state index is 0.663. The fraction of sp³-hybridized carbons (Fsp3) is 0.278. The van der Waals surface area contributed by atoms with Gasteiger partial charge in [0, 0.05) is 13.1 Å². The molecule has 0 fully saturated rings. The molecule has 2 rings (SSSR count). The SMILES string of the molecule is Cc1ccc(OCCN(C)Cc2ccc(C#N)cc2)cc1. The maximum atomic E-state index is 8.77. The Kier molecular flexibility index (Phi) is 5.36. The van der Waals surface area contributed by atoms with Gasteiger partial charge in [0.05, 0.1) is 11.6 Å². The summed E-state index contributed by atoms with van der Waals surface area (Å²) in [6, 6.07) is 17.9. The standard InChI is InChI=1S/C18H20N2O/c1-15-3-9-18(10-4-15)21-12-11-20(2)14-17-7-5-16(13-19)6-8-17/h3-10H,11-12,14H2,1-2H3. The molecular formula is C18H20N2O. The molecule has 0 saturated carbocycles. The van der Waals surface area contributed by atoms with Crippen LogP contribution in [0, 0.1) is 18.3 Å². The van der Waals surface area contributed by atoms with E-state index in [0.29, 0.717) is 12.2 Å². The van der Waals surface area contributed by atoms with Crippen LogP contribution in [0.4, 0.5) is 0 Å². The molecule has 2 aromatic carbocycles. The quantitative estimate of drug-likeness (QED) is 0.814. The predicted octanol–water partition coefficient (Wildman–Crippen LogP) is 3.38. The molecule has 3 heteroatoms. The first-order valence-electron chi connectivity index (χ1n) is 7.04. The third kappa shape index (κ3) is 4.94. The van der Waals surface area contributed by atoms with Crippen molar-refractivity contribution in [2.45, 2.75) is 13.5 Å². The van der Waals surface area contributed by atoms with Gasteiger partial charge in [0.15, 0.2) is 0 Å². The normalized spacial score (nSPS) is 10.4. The van der Waals surface area contributed by atoms with Crippen LogP contribution in [0.2, 0.25) is 0 Å². The predicted molar refractivity (Wildman–Crippen MR) is 84.2 cm³/mol. The molecule has 0 aliphatic heterocycles. The number of rotatable bonds is 6. The molecular weight excluding hydrogens is 260 g/mol. The third-order valence-corrected chi connectivity index (χ3v) is 3.30. The van der Waals surface area contributed by atoms with Gasteiger partial charge in [-0.3, -0.25) is 4.90 Å². The zero-order chi connectivity index (χ0) is 15.1. The van der Waals surface area contributed by atoms with E-state index in [0.717, 1.165) is 18.8 Å². The lowest BCUT2D eigenvalue weighted by molar-refractivity contribution is 0.233. The summed E-state index contributed by atoms with van der Waals surface area (Å²) in [6.07, 6.45) is 0. The molecule has 0 atom stereocenters. The van der Waals surface area contributed by atoms with E-state index >= 15 is 0 Å². The highest BCUT2D eigenvalue weighted by Crippen LogP contribution is 2.11. The Balaban J connectivity index is 1.75. The molecule has 0 amide bonds. The Labute approximate surface area is 126 Å². The summed E-state index contributed by atoms with van der Waals surface area (Å²) >= 11 is 0. The Morgan fingerprint density at radius 3 is 2.33 bits per heavy atom. The average molecular weight is 280 g/mol. The van der Waals surface area contributed by atoms with E-state index in [1.165, 1.54) is 11.1 Å². The lowest BCUT2D eigenvalue weighted by atomic mass is 10.1. The van der Waals surface area contributed by atoms with Gasteiger partial charge >= 0.3 is 0 Å². The van der Waals surface area contributed by atoms with Crippen molar-refractivity contribution in [3.8, 4) is 11.8 Å². The van der Waals surface area contributed by atoms with Gasteiger partial charge in [-0.2, -0.15) is 5.26 Å². The monoisotopic (exact) mass is 280 g/mol. The highest BCUT2D eigenvalue weighted by atomic mass is 16.5. The summed E-state index contributed by atoms with van der Waals surface area (Å²) in [5.74, 6) is 0.910. The highest BCUT2D eigenvalue weighted by Gasteiger charge is 2.01. The number of ether oxygens (including phenoxy) is 1. The van der Waals surface area contributed by atoms with Crippen LogP contribution in [-0.2, 0) is 6.54 Å². The van der Waals surface area contributed by atoms with Crippen molar-refractivity contribution in [2.24, 2.45) is 0 Å². The van der Waals surface area contributed by atoms with Crippen LogP contribution in [0.5, 0.6) is 5.75 Å². The van der Waals surface area contributed by atoms with Gasteiger partial charge in [-0.1, -0.05) is 29.8 Å². The van der Waals surface area contributed by atoms with Crippen LogP contribution in [0.15, 0.2) is 48.5 Å². The largest absolute Gasteiger partial charge is 0.492 e. The van der Waals surface area contributed by atoms with Gasteiger partial charge in [0.2, 0.25) is 0 Å². The minimum absolute atomic E-state index is 0.663. The maximum absolute atomic E-state index is 8.77. The van der Waals surface area contributed by atoms with Crippen molar-refractivity contribution in [1.29, 1.82) is 5.26 Å². The molecule has 21 heavy (non-hydrogen) atoms. The molecule has 0 aliphatic rings. The van der Waals surface area contributed by atoms with E-state index in [4.69, 9.17) is 10.00 Å². The fourth-order valence-electron chi connectivity index (χ4n) is 2.03. The van der Waals surface area contributed by atoms with Crippen LogP contribution in [0.1, 0.15) is 16.7 Å². The van der Waals surface area contributed by atoms with Crippen LogP contribution in [-0.4, -0.2) is 25.1 Å². The van der Waals surface area contributed by atoms with Gasteiger partial charge in [-0.05, 0) is 43.8 Å². The van der Waals surface area contributed by atoms with Gasteiger partial charge in [-0.15, -0.1) is 0 Å². The van der Waals surface area contributed by atoms with Crippen molar-refractivity contribution in [3.63, 3.8) is 0 Å². The molecule has 0 unspecified atom stereocenters. The molecule has 0 spiro atoms. The molecule has 108 valence electrons. The van der Waals surface area contributed by atoms with Crippen molar-refractivity contribution in [2.75, 3.05) is 20.2 Å². The number of nitrogens with zero attached hydrogens (tertiary/aromatic N) is 2. The van der Waals surface area contributed by atoms with Crippen molar-refractivity contribution >= 4 is 0 Å². The fourth-order valence-corrected chi connectivity index (χ4v) is 2.03. The van der Waals surface area contributed by atoms with Crippen molar-refractivity contribution in [3.05, 3.63) is 65.2 Å². The molecule has 0 aliphatic carbocycles. The van der Waals surface area contributed by atoms with E-state index < -0.39 is 0 Å². The molecule has 0 saturated heterocycles. The second kappa shape index (κ2) is 7.47. The Bertz CT molecular complexity index is 597. The number of benzene rings is 2. The zero-order valence-corrected chi connectivity index (χ0v) is 12.5. The zero-order valence-electron chi connectivity index (χ0n) is 12.5. The number of aryl methyl sites for hydroxylation is 1. The Hall–Kier alpha value is -2.31. The van der Waals surface area contributed by atoms with Crippen LogP contribution in [0.3, 0.4) is 0 Å². The summed E-state index contributed by atoms with van der Waals surface area (Å²) in [5.41, 5.74) is 3.14. The number of hydrogen-bond donors (Lipinski definition) is 0. The van der Waals surface area contributed by atoms with E-state index in [2.05, 4.69) is 37.1 Å². The number of hydrogen-bond acceptors (Lipinski definition) is 3. The molecule has 0 aromatic heterocycles. The summed E-state index contributed by atoms with van der Waals surface area (Å²) < 4.78 is 5.72. The van der Waals surface area contributed by atoms with Gasteiger partial charge in [0.1, 0.15) is 12.4 Å². The smallest absolute Gasteiger partial charge is 0.119 e. The summed E-state index contributed by atoms with van der Waals surface area (Å²) in [4.78, 5) is 2.20. The van der Waals surface area contributed by atoms with Crippen LogP contribution < -0.4 is 4.74 Å². The van der Waals surface area contributed by atoms with Crippen LogP contribution in [0.25, 0.3) is 0 Å². The van der Waals surface area contributed by atoms with Gasteiger partial charge in [0.25, 0.3) is 0 Å². The van der Waals surface area contributed by atoms with Gasteiger partial charge < -0.3 is 4.74 Å². The third-order valence-electron chi connectivity index (χ3n) is 3.30. The first-order chi connectivity index (χ1) is 10.2. The maximum Gasteiger partial charge on any atom is 0.119 e. The lowest BCUT2D eigenvalue weighted by Gasteiger charge is -2.17. The molecule has 0 heterocycles. The summed E-state index contributed by atoms with van der Waals surface area (Å²) in [5, 5.41) is 8.77. The van der Waals surface area contributed by atoms with E-state index in [9.17, 15) is 0 Å². The Morgan fingerprint density at radius 1 is 1.05 bits per heavy atom. The summed E-state index contributed by atoms with van der Waals surface area (Å²) in [6.45, 7) is 4.43. The van der Waals surface area contributed by atoms with E-state index in [-0.39, 0.29) is 0 Å². The van der Waals surface area contributed by atoms with Gasteiger partial charge in [-0.25, -0.2) is 0 Å². The summed E-state index contributed by atoms with van der Waals surface area (Å²) in [7, 11) is 2.07. The number of likely N-dealkylation sites (N-methyl/N-ethyl adjacent to an activating group) is 1. The Morgan fingerprint density at radius 2 is 1.71 bits per heavy atom. The van der Waals surface area contributed by atoms with E-state index in [1.807, 2.05) is 36.4 Å². The molecule has 0 N–H and O–H groups in total. The first-order valence-corrected chi connectivity index (χ1v) is 7.04.